The number of ether oxygens (including phenoxy) is 3. The molecule has 0 fully saturated rings. The minimum absolute atomic E-state index is 0.0935. The highest BCUT2D eigenvalue weighted by molar-refractivity contribution is 5.70. The summed E-state index contributed by atoms with van der Waals surface area (Å²) in [7, 11) is 1.19. The van der Waals surface area contributed by atoms with Gasteiger partial charge in [0.15, 0.2) is 5.72 Å². The molecule has 7 heteroatoms. The number of nitrogens with one attached hydrogen (secondary N) is 1. The first-order chi connectivity index (χ1) is 11.1. The van der Waals surface area contributed by atoms with Crippen molar-refractivity contribution in [1.29, 1.82) is 0 Å². The summed E-state index contributed by atoms with van der Waals surface area (Å²) in [5, 5.41) is 12.7. The molecule has 0 unspecified atom stereocenters. The van der Waals surface area contributed by atoms with E-state index in [4.69, 9.17) is 9.47 Å². The average molecular weight is 337 g/mol. The summed E-state index contributed by atoms with van der Waals surface area (Å²) < 4.78 is 15.2. The number of hydrogen-bond acceptors (Lipinski definition) is 6. The van der Waals surface area contributed by atoms with Gasteiger partial charge in [-0.05, 0) is 38.8 Å². The third-order valence-corrected chi connectivity index (χ3v) is 3.68. The van der Waals surface area contributed by atoms with Crippen LogP contribution in [0.3, 0.4) is 0 Å². The summed E-state index contributed by atoms with van der Waals surface area (Å²) in [6.07, 6.45) is -0.618. The van der Waals surface area contributed by atoms with Crippen LogP contribution in [0, 0.1) is 0 Å². The molecule has 24 heavy (non-hydrogen) atoms. The van der Waals surface area contributed by atoms with Gasteiger partial charge in [0.2, 0.25) is 0 Å². The molecule has 1 aliphatic carbocycles. The topological polar surface area (TPSA) is 94.1 Å². The summed E-state index contributed by atoms with van der Waals surface area (Å²) in [5.74, 6) is 0.0935. The van der Waals surface area contributed by atoms with E-state index in [9.17, 15) is 14.7 Å². The maximum absolute atomic E-state index is 12.2. The standard InChI is InChI=1S/C17H23NO6/c1-16(2,3)23-14(20)18-17(24-15(21)22-4)9-8-11-6-5-7-13(19)12(11)10-17/h5-7,19H,8-10H2,1-4H3,(H,18,20)/t17-/m1/s1. The Hall–Kier alpha value is -2.44. The van der Waals surface area contributed by atoms with Crippen LogP contribution in [0.15, 0.2) is 18.2 Å². The number of fused-ring (bicyclic) bond motifs is 1. The van der Waals surface area contributed by atoms with Crippen molar-refractivity contribution in [2.24, 2.45) is 0 Å². The van der Waals surface area contributed by atoms with Crippen LogP contribution < -0.4 is 5.32 Å². The first kappa shape index (κ1) is 17.9. The van der Waals surface area contributed by atoms with E-state index in [1.54, 1.807) is 32.9 Å². The quantitative estimate of drug-likeness (QED) is 0.636. The number of methoxy groups -OCH3 is 1. The summed E-state index contributed by atoms with van der Waals surface area (Å²) >= 11 is 0. The molecule has 0 saturated heterocycles. The Morgan fingerprint density at radius 1 is 1.29 bits per heavy atom. The molecule has 0 heterocycles. The fourth-order valence-electron chi connectivity index (χ4n) is 2.68. The van der Waals surface area contributed by atoms with Gasteiger partial charge in [0, 0.05) is 18.4 Å². The number of phenols is 1. The Kier molecular flexibility index (Phi) is 4.91. The van der Waals surface area contributed by atoms with Crippen LogP contribution in [0.1, 0.15) is 38.3 Å². The molecule has 0 saturated carbocycles. The van der Waals surface area contributed by atoms with Gasteiger partial charge in [0.05, 0.1) is 7.11 Å². The molecule has 2 N–H and O–H groups in total. The van der Waals surface area contributed by atoms with Gasteiger partial charge in [0.1, 0.15) is 11.4 Å². The Morgan fingerprint density at radius 3 is 2.62 bits per heavy atom. The van der Waals surface area contributed by atoms with E-state index in [1.807, 2.05) is 6.07 Å². The highest BCUT2D eigenvalue weighted by Gasteiger charge is 2.42. The number of carbonyl (C=O) groups excluding carboxylic acids is 2. The number of amides is 1. The van der Waals surface area contributed by atoms with Gasteiger partial charge in [-0.2, -0.15) is 0 Å². The first-order valence-corrected chi connectivity index (χ1v) is 7.72. The van der Waals surface area contributed by atoms with Crippen LogP contribution in [0.5, 0.6) is 5.75 Å². The molecule has 1 atom stereocenters. The zero-order valence-corrected chi connectivity index (χ0v) is 14.3. The molecule has 1 amide bonds. The molecular formula is C17H23NO6. The van der Waals surface area contributed by atoms with E-state index in [2.05, 4.69) is 10.1 Å². The lowest BCUT2D eigenvalue weighted by Crippen LogP contribution is -2.56. The second-order valence-corrected chi connectivity index (χ2v) is 6.77. The largest absolute Gasteiger partial charge is 0.510 e. The number of aryl methyl sites for hydroxylation is 1. The van der Waals surface area contributed by atoms with Gasteiger partial charge in [-0.1, -0.05) is 12.1 Å². The van der Waals surface area contributed by atoms with Gasteiger partial charge in [-0.15, -0.1) is 0 Å². The lowest BCUT2D eigenvalue weighted by atomic mass is 9.85. The third kappa shape index (κ3) is 4.31. The summed E-state index contributed by atoms with van der Waals surface area (Å²) in [4.78, 5) is 23.8. The zero-order valence-electron chi connectivity index (χ0n) is 14.3. The molecule has 132 valence electrons. The number of phenolic OH excluding ortho intramolecular Hbond substituents is 1. The molecule has 0 radical (unpaired) electrons. The van der Waals surface area contributed by atoms with Gasteiger partial charge >= 0.3 is 12.2 Å². The maximum atomic E-state index is 12.2. The van der Waals surface area contributed by atoms with Crippen LogP contribution in [0.2, 0.25) is 0 Å². The highest BCUT2D eigenvalue weighted by atomic mass is 16.7. The van der Waals surface area contributed by atoms with Crippen molar-refractivity contribution in [3.63, 3.8) is 0 Å². The van der Waals surface area contributed by atoms with Gasteiger partial charge < -0.3 is 19.3 Å². The molecule has 1 aliphatic rings. The third-order valence-electron chi connectivity index (χ3n) is 3.68. The van der Waals surface area contributed by atoms with Crippen LogP contribution in [-0.2, 0) is 27.1 Å². The van der Waals surface area contributed by atoms with Crippen LogP contribution in [0.4, 0.5) is 9.59 Å². The molecule has 0 aliphatic heterocycles. The summed E-state index contributed by atoms with van der Waals surface area (Å²) in [6, 6.07) is 5.20. The second kappa shape index (κ2) is 6.59. The molecule has 1 aromatic rings. The second-order valence-electron chi connectivity index (χ2n) is 6.77. The van der Waals surface area contributed by atoms with Crippen molar-refractivity contribution < 1.29 is 28.9 Å². The Morgan fingerprint density at radius 2 is 2.00 bits per heavy atom. The van der Waals surface area contributed by atoms with Crippen molar-refractivity contribution in [3.05, 3.63) is 29.3 Å². The van der Waals surface area contributed by atoms with E-state index in [0.717, 1.165) is 5.56 Å². The number of hydrogen-bond donors (Lipinski definition) is 2. The van der Waals surface area contributed by atoms with Crippen molar-refractivity contribution in [2.45, 2.75) is 51.4 Å². The van der Waals surface area contributed by atoms with E-state index in [-0.39, 0.29) is 12.2 Å². The van der Waals surface area contributed by atoms with E-state index < -0.39 is 23.6 Å². The Labute approximate surface area is 140 Å². The number of benzene rings is 1. The maximum Gasteiger partial charge on any atom is 0.510 e. The lowest BCUT2D eigenvalue weighted by molar-refractivity contribution is -0.0600. The summed E-state index contributed by atoms with van der Waals surface area (Å²) in [5.41, 5.74) is -0.444. The average Bonchev–Trinajstić information content (AvgIpc) is 2.46. The predicted molar refractivity (Wildman–Crippen MR) is 85.7 cm³/mol. The van der Waals surface area contributed by atoms with Crippen molar-refractivity contribution in [1.82, 2.24) is 5.32 Å². The fourth-order valence-corrected chi connectivity index (χ4v) is 2.68. The van der Waals surface area contributed by atoms with E-state index in [1.165, 1.54) is 7.11 Å². The highest BCUT2D eigenvalue weighted by Crippen LogP contribution is 2.35. The van der Waals surface area contributed by atoms with E-state index >= 15 is 0 Å². The Bertz CT molecular complexity index is 636. The van der Waals surface area contributed by atoms with Gasteiger partial charge in [0.25, 0.3) is 0 Å². The predicted octanol–water partition coefficient (Wildman–Crippen LogP) is 2.88. The Balaban J connectivity index is 2.27. The van der Waals surface area contributed by atoms with Crippen LogP contribution in [-0.4, -0.2) is 35.8 Å². The van der Waals surface area contributed by atoms with Crippen molar-refractivity contribution in [3.8, 4) is 5.75 Å². The minimum atomic E-state index is -1.33. The molecular weight excluding hydrogens is 314 g/mol. The SMILES string of the molecule is COC(=O)O[C@]1(NC(=O)OC(C)(C)C)CCc2cccc(O)c2C1. The minimum Gasteiger partial charge on any atom is -0.508 e. The molecule has 0 aromatic heterocycles. The molecule has 1 aromatic carbocycles. The van der Waals surface area contributed by atoms with Crippen molar-refractivity contribution in [2.75, 3.05) is 7.11 Å². The number of alkyl carbamates (subject to hydrolysis) is 1. The molecule has 2 rings (SSSR count). The fraction of sp³-hybridized carbons (Fsp3) is 0.529. The van der Waals surface area contributed by atoms with E-state index in [0.29, 0.717) is 18.4 Å². The molecule has 7 nitrogen and oxygen atoms in total. The zero-order chi connectivity index (χ0) is 18.0. The number of rotatable bonds is 2. The molecule has 0 bridgehead atoms. The van der Waals surface area contributed by atoms with Gasteiger partial charge in [-0.3, -0.25) is 5.32 Å². The number of aromatic hydroxyl groups is 1. The smallest absolute Gasteiger partial charge is 0.508 e. The number of carbonyl (C=O) groups is 2. The first-order valence-electron chi connectivity index (χ1n) is 7.72. The van der Waals surface area contributed by atoms with Crippen molar-refractivity contribution >= 4 is 12.2 Å². The van der Waals surface area contributed by atoms with Gasteiger partial charge in [-0.25, -0.2) is 9.59 Å². The summed E-state index contributed by atoms with van der Waals surface area (Å²) in [6.45, 7) is 5.22. The lowest BCUT2D eigenvalue weighted by Gasteiger charge is -2.38. The normalized spacial score (nSPS) is 19.8. The van der Waals surface area contributed by atoms with Crippen LogP contribution >= 0.6 is 0 Å². The van der Waals surface area contributed by atoms with Crippen LogP contribution in [0.25, 0.3) is 0 Å². The molecule has 0 spiro atoms. The monoisotopic (exact) mass is 337 g/mol.